The molecule has 2 unspecified atom stereocenters. The number of likely N-dealkylation sites (tertiary alicyclic amines) is 2. The molecule has 29 nitrogen and oxygen atoms in total. The van der Waals surface area contributed by atoms with Crippen molar-refractivity contribution in [2.45, 2.75) is 189 Å². The third kappa shape index (κ3) is 19.1. The van der Waals surface area contributed by atoms with E-state index >= 15 is 9.59 Å². The van der Waals surface area contributed by atoms with Crippen LogP contribution in [-0.4, -0.2) is 234 Å². The maximum absolute atomic E-state index is 15.5. The van der Waals surface area contributed by atoms with Crippen LogP contribution in [0.2, 0.25) is 0 Å². The fourth-order valence-corrected chi connectivity index (χ4v) is 14.6. The quantitative estimate of drug-likeness (QED) is 0.0207. The third-order valence-corrected chi connectivity index (χ3v) is 19.5. The van der Waals surface area contributed by atoms with E-state index in [4.69, 9.17) is 28.7 Å². The van der Waals surface area contributed by atoms with Crippen molar-refractivity contribution >= 4 is 82.3 Å². The number of β-amino-alcohol motifs (C(OH)–C–C–N with tert-alkyl or cyclic N) is 1. The Kier molecular flexibility index (Phi) is 25.0. The van der Waals surface area contributed by atoms with Crippen molar-refractivity contribution in [3.8, 4) is 0 Å². The summed E-state index contributed by atoms with van der Waals surface area (Å²) in [5.74, 6) is -6.17. The summed E-state index contributed by atoms with van der Waals surface area (Å²) in [5, 5.41) is 29.8. The molecule has 1 saturated carbocycles. The molecule has 5 aliphatic heterocycles. The first kappa shape index (κ1) is 70.9. The van der Waals surface area contributed by atoms with Gasteiger partial charge in [-0.25, -0.2) is 0 Å². The Morgan fingerprint density at radius 1 is 0.763 bits per heavy atom. The van der Waals surface area contributed by atoms with E-state index in [2.05, 4.69) is 63.0 Å². The lowest BCUT2D eigenvalue weighted by Crippen LogP contribution is -2.63. The number of hydrogen-bond donors (Lipinski definition) is 12. The molecule has 30 heteroatoms. The molecule has 6 aliphatic rings. The fraction of sp³-hybridized carbons (Fsp3) is 0.651. The number of aliphatic hydroxyl groups excluding tert-OH is 1. The van der Waals surface area contributed by atoms with Gasteiger partial charge in [0.15, 0.2) is 11.9 Å². The summed E-state index contributed by atoms with van der Waals surface area (Å²) in [6.45, 7) is 0.340. The van der Waals surface area contributed by atoms with Crippen LogP contribution in [0.3, 0.4) is 0 Å². The Balaban J connectivity index is 0.976. The second kappa shape index (κ2) is 32.7. The number of aliphatic imine (C=N–C) groups is 2. The highest BCUT2D eigenvalue weighted by Crippen LogP contribution is 2.41. The highest BCUT2D eigenvalue weighted by Gasteiger charge is 2.52. The van der Waals surface area contributed by atoms with Gasteiger partial charge in [0.25, 0.3) is 0 Å². The number of quaternary nitrogens is 1. The zero-order valence-electron chi connectivity index (χ0n) is 53.8. The van der Waals surface area contributed by atoms with E-state index in [1.54, 1.807) is 22.4 Å². The van der Waals surface area contributed by atoms with Crippen LogP contribution in [0.1, 0.15) is 119 Å². The zero-order chi connectivity index (χ0) is 67.1. The van der Waals surface area contributed by atoms with Gasteiger partial charge in [0.05, 0.1) is 46.4 Å². The molecule has 10 amide bonds. The molecule has 12 atom stereocenters. The van der Waals surface area contributed by atoms with E-state index < -0.39 is 120 Å². The summed E-state index contributed by atoms with van der Waals surface area (Å²) in [5.41, 5.74) is 29.8. The highest BCUT2D eigenvalue weighted by molar-refractivity contribution is 7.09. The number of hydrogen-bond acceptors (Lipinski definition) is 15. The van der Waals surface area contributed by atoms with Crippen molar-refractivity contribution in [3.05, 3.63) is 57.8 Å². The van der Waals surface area contributed by atoms with E-state index in [9.17, 15) is 43.5 Å². The molecular formula is C63H97N18O11S+. The number of carbonyl (C=O) groups is 10. The van der Waals surface area contributed by atoms with Crippen molar-refractivity contribution in [1.29, 1.82) is 0 Å². The molecule has 510 valence electrons. The number of carbonyl (C=O) groups excluding carboxylic acids is 10. The number of nitrogens with two attached hydrogens (primary N) is 5. The van der Waals surface area contributed by atoms with Crippen molar-refractivity contribution in [2.24, 2.45) is 44.6 Å². The Morgan fingerprint density at radius 3 is 2.19 bits per heavy atom. The number of nitrogens with zero attached hydrogens (tertiary/aromatic N) is 7. The number of nitrogens with one attached hydrogen (secondary N) is 6. The first-order chi connectivity index (χ1) is 44.4. The molecule has 2 aromatic rings. The van der Waals surface area contributed by atoms with Crippen LogP contribution in [0.15, 0.2) is 51.8 Å². The van der Waals surface area contributed by atoms with E-state index in [1.165, 1.54) is 26.0 Å². The summed E-state index contributed by atoms with van der Waals surface area (Å²) >= 11 is 1.33. The molecule has 1 aliphatic carbocycles. The lowest BCUT2D eigenvalue weighted by molar-refractivity contribution is -0.870. The number of guanidine groups is 2. The number of benzene rings is 1. The van der Waals surface area contributed by atoms with Gasteiger partial charge in [0, 0.05) is 69.4 Å². The topological polar surface area (TPSA) is 431 Å². The molecule has 1 aromatic carbocycles. The number of unbranched alkanes of at least 4 members (excludes halogenated alkanes) is 1. The number of rotatable bonds is 25. The minimum Gasteiger partial charge on any atom is -0.391 e. The molecule has 17 N–H and O–H groups in total. The molecule has 1 aromatic heterocycles. The minimum absolute atomic E-state index is 0.0228. The fourth-order valence-electron chi connectivity index (χ4n) is 13.9. The normalized spacial score (nSPS) is 25.1. The lowest BCUT2D eigenvalue weighted by atomic mass is 9.84. The van der Waals surface area contributed by atoms with Gasteiger partial charge in [-0.15, -0.1) is 11.3 Å². The van der Waals surface area contributed by atoms with E-state index in [1.807, 2.05) is 24.3 Å². The average molecular weight is 1310 g/mol. The van der Waals surface area contributed by atoms with Gasteiger partial charge in [0.1, 0.15) is 48.3 Å². The average Bonchev–Trinajstić information content (AvgIpc) is 1.78. The van der Waals surface area contributed by atoms with Crippen LogP contribution in [0.5, 0.6) is 0 Å². The predicted molar refractivity (Wildman–Crippen MR) is 347 cm³/mol. The predicted octanol–water partition coefficient (Wildman–Crippen LogP) is -2.76. The Bertz CT molecular complexity index is 3060. The molecule has 4 saturated heterocycles. The van der Waals surface area contributed by atoms with E-state index in [0.29, 0.717) is 47.9 Å². The second-order valence-electron chi connectivity index (χ2n) is 26.5. The number of amides is 10. The molecule has 6 heterocycles. The number of fused-ring (bicyclic) bond motifs is 5. The first-order valence-corrected chi connectivity index (χ1v) is 33.7. The Labute approximate surface area is 547 Å². The van der Waals surface area contributed by atoms with E-state index in [0.717, 1.165) is 43.4 Å². The van der Waals surface area contributed by atoms with Gasteiger partial charge in [0.2, 0.25) is 59.1 Å². The SMILES string of the molecule is C[N+](C)(C)CCCC[C@H]1NC(=O)[C@@H]2CC3CCCCC3N2C(=O)[C@H]2Cc3ccccc3CN2C(=O)[C@@H](NC(=O)[C@H](Cc2cccs2)NC(=O)CNC(=O)[C@@H]2C[C@@H](O)CN2C(=O)[C@@H]2CCCN2C(=O)[C@H](CCCN=C(N)N)NC(=O)[C@H](N)CCCN=C(N)N)CCNC1=O. The van der Waals surface area contributed by atoms with Crippen LogP contribution >= 0.6 is 11.3 Å². The van der Waals surface area contributed by atoms with Crippen molar-refractivity contribution in [1.82, 2.24) is 51.5 Å². The van der Waals surface area contributed by atoms with E-state index in [-0.39, 0.29) is 120 Å². The lowest BCUT2D eigenvalue weighted by Gasteiger charge is -2.43. The largest absolute Gasteiger partial charge is 0.391 e. The second-order valence-corrected chi connectivity index (χ2v) is 27.6. The van der Waals surface area contributed by atoms with Gasteiger partial charge in [-0.2, -0.15) is 0 Å². The molecule has 8 rings (SSSR count). The molecule has 0 spiro atoms. The van der Waals surface area contributed by atoms with Crippen LogP contribution in [-0.2, 0) is 67.3 Å². The first-order valence-electron chi connectivity index (χ1n) is 32.8. The summed E-state index contributed by atoms with van der Waals surface area (Å²) in [4.78, 5) is 160. The highest BCUT2D eigenvalue weighted by atomic mass is 32.1. The standard InChI is InChI=1S/C63H96N18O11S/c1-81(2,3)28-9-8-19-43-54(85)69-26-23-45(59(90)78-35-39-16-5-4-14-37(39)30-51(78)61(92)80-47-21-7-6-15-38(47)31-50(80)57(88)74-43)76-55(86)46(33-41-17-13-29-93-41)73-52(83)34-72-56(87)49-32-40(82)36-79(49)60(91)48-22-12-27-77(48)58(89)44(20-11-25-71-63(67)68)75-53(84)42(64)18-10-24-70-62(65)66/h4-5,13-14,16-17,29,38,40,42-51,82H,6-12,15,18-28,30-36,64H2,1-3H3,(H13-,65,66,67,68,69,70,71,72,73,74,75,76,83,84,85,86,87,88)/p+1/t38?,40-,42-,43-,44+,45+,46+,47?,48+,49+,50+,51-/m1/s1. The third-order valence-electron chi connectivity index (χ3n) is 18.6. The minimum atomic E-state index is -1.33. The van der Waals surface area contributed by atoms with Crippen LogP contribution in [0, 0.1) is 5.92 Å². The number of thiophene rings is 1. The molecule has 5 fully saturated rings. The van der Waals surface area contributed by atoms with Gasteiger partial charge in [-0.05, 0) is 112 Å². The van der Waals surface area contributed by atoms with Gasteiger partial charge >= 0.3 is 0 Å². The monoisotopic (exact) mass is 1310 g/mol. The molecule has 0 radical (unpaired) electrons. The zero-order valence-corrected chi connectivity index (χ0v) is 54.6. The van der Waals surface area contributed by atoms with Crippen LogP contribution < -0.4 is 60.6 Å². The smallest absolute Gasteiger partial charge is 0.246 e. The van der Waals surface area contributed by atoms with Crippen molar-refractivity contribution in [2.75, 3.05) is 67.0 Å². The summed E-state index contributed by atoms with van der Waals surface area (Å²) in [7, 11) is 6.24. The Morgan fingerprint density at radius 2 is 1.48 bits per heavy atom. The van der Waals surface area contributed by atoms with Gasteiger partial charge < -0.3 is 89.8 Å². The molecule has 0 bridgehead atoms. The van der Waals surface area contributed by atoms with Crippen LogP contribution in [0.4, 0.5) is 0 Å². The van der Waals surface area contributed by atoms with Gasteiger partial charge in [-0.3, -0.25) is 57.9 Å². The Hall–Kier alpha value is -7.96. The summed E-state index contributed by atoms with van der Waals surface area (Å²) in [6.07, 6.45) is 5.76. The summed E-state index contributed by atoms with van der Waals surface area (Å²) in [6, 6.07) is 0.829. The van der Waals surface area contributed by atoms with Crippen molar-refractivity contribution in [3.63, 3.8) is 0 Å². The maximum Gasteiger partial charge on any atom is 0.246 e. The van der Waals surface area contributed by atoms with Crippen molar-refractivity contribution < 1.29 is 57.5 Å². The maximum atomic E-state index is 15.5. The van der Waals surface area contributed by atoms with Gasteiger partial charge in [-0.1, -0.05) is 43.2 Å². The van der Waals surface area contributed by atoms with Crippen LogP contribution in [0.25, 0.3) is 0 Å². The molecular weight excluding hydrogens is 1220 g/mol. The molecule has 93 heavy (non-hydrogen) atoms. The number of aliphatic hydroxyl groups is 1. The summed E-state index contributed by atoms with van der Waals surface area (Å²) < 4.78 is 0.716.